The van der Waals surface area contributed by atoms with Gasteiger partial charge in [0.05, 0.1) is 10.6 Å². The molecule has 1 aromatic rings. The summed E-state index contributed by atoms with van der Waals surface area (Å²) in [7, 11) is 0. The molecule has 0 aromatic heterocycles. The first-order valence-corrected chi connectivity index (χ1v) is 5.66. The van der Waals surface area contributed by atoms with Gasteiger partial charge < -0.3 is 4.55 Å². The lowest BCUT2D eigenvalue weighted by molar-refractivity contribution is 0.108. The predicted molar refractivity (Wildman–Crippen MR) is 54.0 cm³/mol. The minimum absolute atomic E-state index is 0.229. The van der Waals surface area contributed by atoms with Crippen molar-refractivity contribution in [3.8, 4) is 0 Å². The molecule has 0 aliphatic heterocycles. The maximum absolute atomic E-state index is 11.0. The number of hydrogen-bond donors (Lipinski definition) is 0. The Kier molecular flexibility index (Phi) is 3.62. The van der Waals surface area contributed by atoms with E-state index in [1.807, 2.05) is 0 Å². The fourth-order valence-corrected chi connectivity index (χ4v) is 1.92. The molecule has 1 atom stereocenters. The molecule has 0 saturated carbocycles. The van der Waals surface area contributed by atoms with Crippen molar-refractivity contribution in [3.63, 3.8) is 0 Å². The van der Waals surface area contributed by atoms with E-state index < -0.39 is 16.4 Å². The smallest absolute Gasteiger partial charge is 0.253 e. The maximum atomic E-state index is 11.0. The second kappa shape index (κ2) is 4.33. The van der Waals surface area contributed by atoms with Crippen LogP contribution in [0, 0.1) is 0 Å². The van der Waals surface area contributed by atoms with Gasteiger partial charge in [0, 0.05) is 6.07 Å². The van der Waals surface area contributed by atoms with Gasteiger partial charge in [-0.15, -0.1) is 0 Å². The molecule has 0 spiro atoms. The maximum Gasteiger partial charge on any atom is 0.253 e. The van der Waals surface area contributed by atoms with Crippen LogP contribution in [0.2, 0.25) is 5.02 Å². The molecule has 0 aliphatic rings. The Balaban J connectivity index is 3.13. The molecule has 0 bridgehead atoms. The number of rotatable bonds is 2. The van der Waals surface area contributed by atoms with Crippen LogP contribution in [0.5, 0.6) is 0 Å². The summed E-state index contributed by atoms with van der Waals surface area (Å²) >= 11 is 9.87. The van der Waals surface area contributed by atoms with Crippen molar-refractivity contribution >= 4 is 39.6 Å². The standard InChI is InChI=1S/C8H6Cl2O2S/c1-13(12)5-2-3-6(8(10)11)7(9)4-5/h2-4H,1H3. The van der Waals surface area contributed by atoms with Gasteiger partial charge in [0.1, 0.15) is 6.26 Å². The molecule has 1 unspecified atom stereocenters. The van der Waals surface area contributed by atoms with E-state index >= 15 is 0 Å². The Bertz CT molecular complexity index is 339. The highest BCUT2D eigenvalue weighted by Gasteiger charge is 2.11. The Morgan fingerprint density at radius 2 is 2.15 bits per heavy atom. The van der Waals surface area contributed by atoms with Crippen LogP contribution in [0.25, 0.3) is 0 Å². The number of carbonyl (C=O) groups excluding carboxylic acids is 1. The van der Waals surface area contributed by atoms with Crippen molar-refractivity contribution in [2.75, 3.05) is 6.26 Å². The molecular formula is C8H6Cl2O2S. The van der Waals surface area contributed by atoms with Crippen LogP contribution in [-0.4, -0.2) is 16.1 Å². The second-order valence-electron chi connectivity index (χ2n) is 2.37. The van der Waals surface area contributed by atoms with Gasteiger partial charge in [0.25, 0.3) is 5.24 Å². The molecule has 0 fully saturated rings. The van der Waals surface area contributed by atoms with Crippen LogP contribution in [-0.2, 0) is 11.2 Å². The lowest BCUT2D eigenvalue weighted by Crippen LogP contribution is -1.99. The van der Waals surface area contributed by atoms with Gasteiger partial charge in [0.15, 0.2) is 4.90 Å². The molecule has 13 heavy (non-hydrogen) atoms. The summed E-state index contributed by atoms with van der Waals surface area (Å²) < 4.78 is 11.0. The lowest BCUT2D eigenvalue weighted by Gasteiger charge is -2.05. The van der Waals surface area contributed by atoms with Gasteiger partial charge in [-0.1, -0.05) is 11.6 Å². The largest absolute Gasteiger partial charge is 0.612 e. The lowest BCUT2D eigenvalue weighted by atomic mass is 10.2. The van der Waals surface area contributed by atoms with Crippen molar-refractivity contribution in [2.24, 2.45) is 0 Å². The van der Waals surface area contributed by atoms with E-state index in [1.54, 1.807) is 6.07 Å². The number of halogens is 2. The predicted octanol–water partition coefficient (Wildman–Crippen LogP) is 2.46. The zero-order chi connectivity index (χ0) is 10.0. The third-order valence-corrected chi connectivity index (χ3v) is 2.92. The Hall–Kier alpha value is -0.220. The topological polar surface area (TPSA) is 40.1 Å². The molecule has 5 heteroatoms. The van der Waals surface area contributed by atoms with Gasteiger partial charge in [-0.05, 0) is 34.9 Å². The van der Waals surface area contributed by atoms with Gasteiger partial charge in [-0.3, -0.25) is 4.79 Å². The molecule has 1 rings (SSSR count). The molecule has 1 aromatic carbocycles. The monoisotopic (exact) mass is 236 g/mol. The van der Waals surface area contributed by atoms with E-state index in [2.05, 4.69) is 0 Å². The van der Waals surface area contributed by atoms with Gasteiger partial charge in [-0.25, -0.2) is 0 Å². The third-order valence-electron chi connectivity index (χ3n) is 1.48. The van der Waals surface area contributed by atoms with E-state index in [0.29, 0.717) is 4.90 Å². The zero-order valence-corrected chi connectivity index (χ0v) is 9.04. The first kappa shape index (κ1) is 10.9. The summed E-state index contributed by atoms with van der Waals surface area (Å²) in [6.07, 6.45) is 1.54. The molecule has 2 nitrogen and oxygen atoms in total. The van der Waals surface area contributed by atoms with Crippen LogP contribution < -0.4 is 0 Å². The Morgan fingerprint density at radius 1 is 1.54 bits per heavy atom. The quantitative estimate of drug-likeness (QED) is 0.585. The summed E-state index contributed by atoms with van der Waals surface area (Å²) in [6, 6.07) is 4.51. The van der Waals surface area contributed by atoms with Crippen molar-refractivity contribution in [2.45, 2.75) is 4.90 Å². The number of carbonyl (C=O) groups is 1. The SMILES string of the molecule is C[S+]([O-])c1ccc(C(=O)Cl)c(Cl)c1. The summed E-state index contributed by atoms with van der Waals surface area (Å²) in [5.74, 6) is 0. The molecule has 0 aliphatic carbocycles. The van der Waals surface area contributed by atoms with Gasteiger partial charge in [-0.2, -0.15) is 0 Å². The average molecular weight is 237 g/mol. The number of benzene rings is 1. The van der Waals surface area contributed by atoms with Crippen molar-refractivity contribution in [1.29, 1.82) is 0 Å². The van der Waals surface area contributed by atoms with E-state index in [-0.39, 0.29) is 10.6 Å². The Labute approximate surface area is 89.0 Å². The Morgan fingerprint density at radius 3 is 2.54 bits per heavy atom. The van der Waals surface area contributed by atoms with Crippen LogP contribution >= 0.6 is 23.2 Å². The number of hydrogen-bond acceptors (Lipinski definition) is 2. The summed E-state index contributed by atoms with van der Waals surface area (Å²) in [4.78, 5) is 11.3. The minimum atomic E-state index is -1.10. The van der Waals surface area contributed by atoms with Crippen LogP contribution in [0.3, 0.4) is 0 Å². The third kappa shape index (κ3) is 2.61. The fourth-order valence-electron chi connectivity index (χ4n) is 0.834. The highest BCUT2D eigenvalue weighted by atomic mass is 35.5. The normalized spacial score (nSPS) is 12.6. The van der Waals surface area contributed by atoms with Crippen molar-refractivity contribution in [3.05, 3.63) is 28.8 Å². The fraction of sp³-hybridized carbons (Fsp3) is 0.125. The first-order chi connectivity index (χ1) is 6.02. The van der Waals surface area contributed by atoms with Crippen LogP contribution in [0.1, 0.15) is 10.4 Å². The molecule has 0 heterocycles. The molecule has 0 radical (unpaired) electrons. The van der Waals surface area contributed by atoms with Crippen LogP contribution in [0.15, 0.2) is 23.1 Å². The van der Waals surface area contributed by atoms with E-state index in [0.717, 1.165) is 0 Å². The van der Waals surface area contributed by atoms with Crippen LogP contribution in [0.4, 0.5) is 0 Å². The summed E-state index contributed by atoms with van der Waals surface area (Å²) in [5.41, 5.74) is 0.234. The second-order valence-corrected chi connectivity index (χ2v) is 4.50. The van der Waals surface area contributed by atoms with Crippen molar-refractivity contribution in [1.82, 2.24) is 0 Å². The van der Waals surface area contributed by atoms with E-state index in [9.17, 15) is 9.35 Å². The van der Waals surface area contributed by atoms with Gasteiger partial charge >= 0.3 is 0 Å². The highest BCUT2D eigenvalue weighted by Crippen LogP contribution is 2.22. The molecule has 0 N–H and O–H groups in total. The molecule has 0 amide bonds. The van der Waals surface area contributed by atoms with E-state index in [1.165, 1.54) is 18.4 Å². The zero-order valence-electron chi connectivity index (χ0n) is 6.71. The first-order valence-electron chi connectivity index (χ1n) is 3.35. The van der Waals surface area contributed by atoms with E-state index in [4.69, 9.17) is 23.2 Å². The molecular weight excluding hydrogens is 231 g/mol. The summed E-state index contributed by atoms with van der Waals surface area (Å²) in [5, 5.41) is -0.383. The van der Waals surface area contributed by atoms with Gasteiger partial charge in [0.2, 0.25) is 0 Å². The minimum Gasteiger partial charge on any atom is -0.612 e. The average Bonchev–Trinajstić information content (AvgIpc) is 2.03. The van der Waals surface area contributed by atoms with Crippen molar-refractivity contribution < 1.29 is 9.35 Å². The highest BCUT2D eigenvalue weighted by molar-refractivity contribution is 7.90. The molecule has 70 valence electrons. The molecule has 0 saturated heterocycles. The summed E-state index contributed by atoms with van der Waals surface area (Å²) in [6.45, 7) is 0.